The molecule has 0 aliphatic carbocycles. The molecule has 1 amide bonds. The highest BCUT2D eigenvalue weighted by molar-refractivity contribution is 7.89. The Kier molecular flexibility index (Phi) is 4.88. The SMILES string of the molecule is O=C1NCCCn2cc(S(=O)(=O)N3CCN(c4cccc(Cl)c4)CC3)cc21. The summed E-state index contributed by atoms with van der Waals surface area (Å²) >= 11 is 6.05. The number of piperazine rings is 1. The van der Waals surface area contributed by atoms with Gasteiger partial charge in [-0.05, 0) is 30.7 Å². The van der Waals surface area contributed by atoms with Gasteiger partial charge in [0.25, 0.3) is 5.91 Å². The number of hydrogen-bond acceptors (Lipinski definition) is 4. The molecule has 144 valence electrons. The van der Waals surface area contributed by atoms with Crippen LogP contribution in [0.4, 0.5) is 5.69 Å². The fourth-order valence-corrected chi connectivity index (χ4v) is 5.20. The van der Waals surface area contributed by atoms with Crippen LogP contribution in [0.2, 0.25) is 5.02 Å². The lowest BCUT2D eigenvalue weighted by atomic mass is 10.2. The average molecular weight is 409 g/mol. The van der Waals surface area contributed by atoms with E-state index in [1.165, 1.54) is 10.4 Å². The maximum Gasteiger partial charge on any atom is 0.267 e. The van der Waals surface area contributed by atoms with Gasteiger partial charge in [-0.25, -0.2) is 8.42 Å². The predicted octanol–water partition coefficient (Wildman–Crippen LogP) is 1.79. The summed E-state index contributed by atoms with van der Waals surface area (Å²) < 4.78 is 29.3. The van der Waals surface area contributed by atoms with Crippen LogP contribution in [0, 0.1) is 0 Å². The number of aromatic nitrogens is 1. The Morgan fingerprint density at radius 2 is 1.81 bits per heavy atom. The Morgan fingerprint density at radius 3 is 2.56 bits per heavy atom. The number of benzene rings is 1. The van der Waals surface area contributed by atoms with Gasteiger partial charge in [-0.3, -0.25) is 4.79 Å². The van der Waals surface area contributed by atoms with Gasteiger partial charge < -0.3 is 14.8 Å². The van der Waals surface area contributed by atoms with Crippen molar-refractivity contribution in [1.29, 1.82) is 0 Å². The van der Waals surface area contributed by atoms with E-state index in [9.17, 15) is 13.2 Å². The molecule has 1 aromatic carbocycles. The molecule has 4 rings (SSSR count). The fraction of sp³-hybridized carbons (Fsp3) is 0.389. The summed E-state index contributed by atoms with van der Waals surface area (Å²) in [5.74, 6) is -0.222. The van der Waals surface area contributed by atoms with Crippen molar-refractivity contribution < 1.29 is 13.2 Å². The molecule has 2 aromatic rings. The highest BCUT2D eigenvalue weighted by Crippen LogP contribution is 2.25. The van der Waals surface area contributed by atoms with Crippen molar-refractivity contribution in [3.63, 3.8) is 0 Å². The number of hydrogen-bond donors (Lipinski definition) is 1. The first-order chi connectivity index (χ1) is 12.9. The second-order valence-corrected chi connectivity index (χ2v) is 9.11. The third-order valence-electron chi connectivity index (χ3n) is 5.02. The van der Waals surface area contributed by atoms with Crippen LogP contribution >= 0.6 is 11.6 Å². The highest BCUT2D eigenvalue weighted by Gasteiger charge is 2.31. The van der Waals surface area contributed by atoms with E-state index in [1.807, 2.05) is 24.3 Å². The molecule has 1 fully saturated rings. The molecule has 9 heteroatoms. The second-order valence-electron chi connectivity index (χ2n) is 6.73. The van der Waals surface area contributed by atoms with E-state index in [1.54, 1.807) is 10.8 Å². The number of fused-ring (bicyclic) bond motifs is 1. The average Bonchev–Trinajstić information content (AvgIpc) is 3.03. The smallest absolute Gasteiger partial charge is 0.267 e. The second kappa shape index (κ2) is 7.18. The summed E-state index contributed by atoms with van der Waals surface area (Å²) in [6, 6.07) is 9.05. The van der Waals surface area contributed by atoms with E-state index in [2.05, 4.69) is 10.2 Å². The lowest BCUT2D eigenvalue weighted by Crippen LogP contribution is -2.48. The predicted molar refractivity (Wildman–Crippen MR) is 104 cm³/mol. The van der Waals surface area contributed by atoms with E-state index >= 15 is 0 Å². The van der Waals surface area contributed by atoms with E-state index < -0.39 is 10.0 Å². The van der Waals surface area contributed by atoms with Gasteiger partial charge in [0.05, 0.1) is 0 Å². The van der Waals surface area contributed by atoms with Crippen LogP contribution in [0.15, 0.2) is 41.4 Å². The zero-order valence-electron chi connectivity index (χ0n) is 14.8. The van der Waals surface area contributed by atoms with Crippen molar-refractivity contribution in [3.8, 4) is 0 Å². The number of nitrogens with zero attached hydrogens (tertiary/aromatic N) is 3. The summed E-state index contributed by atoms with van der Waals surface area (Å²) in [7, 11) is -3.63. The molecule has 1 saturated heterocycles. The van der Waals surface area contributed by atoms with Crippen molar-refractivity contribution in [1.82, 2.24) is 14.2 Å². The number of amides is 1. The number of carbonyl (C=O) groups is 1. The summed E-state index contributed by atoms with van der Waals surface area (Å²) in [6.45, 7) is 3.20. The molecule has 0 radical (unpaired) electrons. The zero-order chi connectivity index (χ0) is 19.0. The Balaban J connectivity index is 1.51. The van der Waals surface area contributed by atoms with Crippen molar-refractivity contribution >= 4 is 33.2 Å². The molecule has 3 heterocycles. The lowest BCUT2D eigenvalue weighted by Gasteiger charge is -2.35. The number of carbonyl (C=O) groups excluding carboxylic acids is 1. The van der Waals surface area contributed by atoms with Gasteiger partial charge >= 0.3 is 0 Å². The first kappa shape index (κ1) is 18.3. The molecule has 0 spiro atoms. The Bertz CT molecular complexity index is 965. The van der Waals surface area contributed by atoms with E-state index in [-0.39, 0.29) is 10.8 Å². The third kappa shape index (κ3) is 3.56. The quantitative estimate of drug-likeness (QED) is 0.840. The molecule has 0 atom stereocenters. The number of rotatable bonds is 3. The van der Waals surface area contributed by atoms with Gasteiger partial charge in [0.2, 0.25) is 10.0 Å². The molecular formula is C18H21ClN4O3S. The number of aryl methyl sites for hydroxylation is 1. The van der Waals surface area contributed by atoms with Crippen LogP contribution in [0.5, 0.6) is 0 Å². The van der Waals surface area contributed by atoms with Crippen molar-refractivity contribution in [2.45, 2.75) is 17.9 Å². The minimum Gasteiger partial charge on any atom is -0.369 e. The molecule has 0 bridgehead atoms. The standard InChI is InChI=1S/C18H21ClN4O3S/c19-14-3-1-4-15(11-14)21-7-9-23(10-8-21)27(25,26)16-12-17-18(24)20-5-2-6-22(17)13-16/h1,3-4,11-13H,2,5-10H2,(H,20,24). The van der Waals surface area contributed by atoms with Crippen LogP contribution in [0.1, 0.15) is 16.9 Å². The number of sulfonamides is 1. The minimum atomic E-state index is -3.63. The van der Waals surface area contributed by atoms with Crippen LogP contribution in [0.25, 0.3) is 0 Å². The Morgan fingerprint density at radius 1 is 1.04 bits per heavy atom. The summed E-state index contributed by atoms with van der Waals surface area (Å²) in [5.41, 5.74) is 1.40. The topological polar surface area (TPSA) is 74.6 Å². The largest absolute Gasteiger partial charge is 0.369 e. The third-order valence-corrected chi connectivity index (χ3v) is 7.11. The first-order valence-corrected chi connectivity index (χ1v) is 10.8. The molecular weight excluding hydrogens is 388 g/mol. The molecule has 1 aromatic heterocycles. The highest BCUT2D eigenvalue weighted by atomic mass is 35.5. The number of nitrogens with one attached hydrogen (secondary N) is 1. The molecule has 0 unspecified atom stereocenters. The maximum absolute atomic E-state index is 13.0. The zero-order valence-corrected chi connectivity index (χ0v) is 16.3. The summed E-state index contributed by atoms with van der Waals surface area (Å²) in [6.07, 6.45) is 2.37. The fourth-order valence-electron chi connectivity index (χ4n) is 3.55. The van der Waals surface area contributed by atoms with Gasteiger partial charge in [-0.15, -0.1) is 0 Å². The maximum atomic E-state index is 13.0. The Labute approximate surface area is 163 Å². The number of anilines is 1. The first-order valence-electron chi connectivity index (χ1n) is 8.94. The van der Waals surface area contributed by atoms with Gasteiger partial charge in [0.15, 0.2) is 0 Å². The molecule has 0 saturated carbocycles. The van der Waals surface area contributed by atoms with Gasteiger partial charge in [0, 0.05) is 56.2 Å². The molecule has 2 aliphatic heterocycles. The van der Waals surface area contributed by atoms with Gasteiger partial charge in [-0.2, -0.15) is 4.31 Å². The normalized spacial score (nSPS) is 18.7. The molecule has 2 aliphatic rings. The van der Waals surface area contributed by atoms with Crippen LogP contribution in [-0.2, 0) is 16.6 Å². The number of halogens is 1. The molecule has 7 nitrogen and oxygen atoms in total. The molecule has 27 heavy (non-hydrogen) atoms. The summed E-state index contributed by atoms with van der Waals surface area (Å²) in [4.78, 5) is 14.4. The molecule has 1 N–H and O–H groups in total. The lowest BCUT2D eigenvalue weighted by molar-refractivity contribution is 0.0951. The van der Waals surface area contributed by atoms with Crippen molar-refractivity contribution in [3.05, 3.63) is 47.2 Å². The minimum absolute atomic E-state index is 0.186. The van der Waals surface area contributed by atoms with Crippen molar-refractivity contribution in [2.24, 2.45) is 0 Å². The van der Waals surface area contributed by atoms with E-state index in [0.717, 1.165) is 12.1 Å². The summed E-state index contributed by atoms with van der Waals surface area (Å²) in [5, 5.41) is 3.45. The van der Waals surface area contributed by atoms with Crippen LogP contribution in [-0.4, -0.2) is 55.9 Å². The Hall–Kier alpha value is -2.03. The van der Waals surface area contributed by atoms with Crippen LogP contribution in [0.3, 0.4) is 0 Å². The van der Waals surface area contributed by atoms with E-state index in [4.69, 9.17) is 11.6 Å². The van der Waals surface area contributed by atoms with Gasteiger partial charge in [0.1, 0.15) is 10.6 Å². The van der Waals surface area contributed by atoms with Crippen LogP contribution < -0.4 is 10.2 Å². The van der Waals surface area contributed by atoms with E-state index in [0.29, 0.717) is 50.0 Å². The van der Waals surface area contributed by atoms with Crippen molar-refractivity contribution in [2.75, 3.05) is 37.6 Å². The monoisotopic (exact) mass is 408 g/mol. The van der Waals surface area contributed by atoms with Gasteiger partial charge in [-0.1, -0.05) is 17.7 Å².